The van der Waals surface area contributed by atoms with Crippen molar-refractivity contribution >= 4 is 12.1 Å². The van der Waals surface area contributed by atoms with Crippen molar-refractivity contribution in [1.82, 2.24) is 4.90 Å². The van der Waals surface area contributed by atoms with Crippen LogP contribution in [-0.4, -0.2) is 28.7 Å². The van der Waals surface area contributed by atoms with Crippen LogP contribution < -0.4 is 0 Å². The van der Waals surface area contributed by atoms with Crippen molar-refractivity contribution in [2.24, 2.45) is 4.99 Å². The van der Waals surface area contributed by atoms with Crippen LogP contribution in [0.3, 0.4) is 0 Å². The molecule has 0 saturated carbocycles. The molecular formula is C19H36N2O2. The van der Waals surface area contributed by atoms with E-state index in [0.29, 0.717) is 5.57 Å². The second kappa shape index (κ2) is 25.0. The largest absolute Gasteiger partial charge is 0.392 e. The van der Waals surface area contributed by atoms with Gasteiger partial charge in [0.05, 0.1) is 6.61 Å². The van der Waals surface area contributed by atoms with E-state index in [1.807, 2.05) is 41.5 Å². The van der Waals surface area contributed by atoms with Crippen LogP contribution in [0.2, 0.25) is 0 Å². The minimum Gasteiger partial charge on any atom is -0.392 e. The van der Waals surface area contributed by atoms with Gasteiger partial charge in [-0.3, -0.25) is 9.69 Å². The van der Waals surface area contributed by atoms with Gasteiger partial charge in [-0.05, 0) is 18.6 Å². The van der Waals surface area contributed by atoms with Gasteiger partial charge in [-0.25, -0.2) is 4.99 Å². The van der Waals surface area contributed by atoms with Gasteiger partial charge in [0.1, 0.15) is 5.82 Å². The Bertz CT molecular complexity index is 381. The Hall–Kier alpha value is -1.94. The number of aliphatic imine (C=N–C) groups is 1. The molecule has 23 heavy (non-hydrogen) atoms. The van der Waals surface area contributed by atoms with Crippen LogP contribution in [0.25, 0.3) is 0 Å². The van der Waals surface area contributed by atoms with Crippen molar-refractivity contribution < 1.29 is 9.90 Å². The summed E-state index contributed by atoms with van der Waals surface area (Å²) in [7, 11) is 0. The van der Waals surface area contributed by atoms with Crippen LogP contribution in [0.5, 0.6) is 0 Å². The number of rotatable bonds is 6. The Labute approximate surface area is 143 Å². The summed E-state index contributed by atoms with van der Waals surface area (Å²) in [5.41, 5.74) is 0.655. The number of allylic oxidation sites excluding steroid dienone is 3. The molecule has 4 nitrogen and oxygen atoms in total. The van der Waals surface area contributed by atoms with Crippen molar-refractivity contribution in [3.8, 4) is 0 Å². The molecule has 0 bridgehead atoms. The molecule has 0 atom stereocenters. The molecule has 0 unspecified atom stereocenters. The maximum atomic E-state index is 11.3. The maximum absolute atomic E-state index is 11.3. The molecule has 0 aliphatic rings. The van der Waals surface area contributed by atoms with Gasteiger partial charge in [-0.2, -0.15) is 0 Å². The van der Waals surface area contributed by atoms with Crippen LogP contribution >= 0.6 is 0 Å². The van der Waals surface area contributed by atoms with E-state index in [1.54, 1.807) is 25.2 Å². The summed E-state index contributed by atoms with van der Waals surface area (Å²) in [5.74, 6) is 0.0830. The Morgan fingerprint density at radius 2 is 1.65 bits per heavy atom. The summed E-state index contributed by atoms with van der Waals surface area (Å²) < 4.78 is 0. The van der Waals surface area contributed by atoms with Crippen LogP contribution in [0, 0.1) is 0 Å². The zero-order valence-corrected chi connectivity index (χ0v) is 16.3. The summed E-state index contributed by atoms with van der Waals surface area (Å²) in [4.78, 5) is 16.6. The highest BCUT2D eigenvalue weighted by molar-refractivity contribution is 5.81. The SMILES string of the molecule is C=C/C=C\N(C(=C)/N=C\C(=C/C)CO)C(C)=O.CC.CC.CC. The van der Waals surface area contributed by atoms with E-state index in [0.717, 1.165) is 0 Å². The van der Waals surface area contributed by atoms with E-state index in [2.05, 4.69) is 18.2 Å². The molecule has 0 heterocycles. The molecule has 0 spiro atoms. The van der Waals surface area contributed by atoms with Crippen molar-refractivity contribution in [2.45, 2.75) is 55.4 Å². The number of aliphatic hydroxyl groups is 1. The first kappa shape index (κ1) is 29.1. The van der Waals surface area contributed by atoms with Crippen molar-refractivity contribution in [3.63, 3.8) is 0 Å². The summed E-state index contributed by atoms with van der Waals surface area (Å²) in [6.45, 7) is 22.3. The van der Waals surface area contributed by atoms with E-state index < -0.39 is 0 Å². The van der Waals surface area contributed by atoms with Crippen molar-refractivity contribution in [1.29, 1.82) is 0 Å². The fraction of sp³-hybridized carbons (Fsp3) is 0.474. The Morgan fingerprint density at radius 3 is 1.96 bits per heavy atom. The molecule has 0 saturated heterocycles. The minimum atomic E-state index is -0.198. The first-order valence-corrected chi connectivity index (χ1v) is 8.14. The molecule has 0 radical (unpaired) electrons. The predicted octanol–water partition coefficient (Wildman–Crippen LogP) is 5.09. The maximum Gasteiger partial charge on any atom is 0.229 e. The lowest BCUT2D eigenvalue weighted by Crippen LogP contribution is -2.20. The molecule has 134 valence electrons. The predicted molar refractivity (Wildman–Crippen MR) is 104 cm³/mol. The van der Waals surface area contributed by atoms with E-state index in [1.165, 1.54) is 24.2 Å². The fourth-order valence-corrected chi connectivity index (χ4v) is 0.946. The number of amides is 1. The lowest BCUT2D eigenvalue weighted by atomic mass is 10.3. The first-order chi connectivity index (χ1) is 11.1. The molecule has 0 rings (SSSR count). The smallest absolute Gasteiger partial charge is 0.229 e. The zero-order chi connectivity index (χ0) is 19.3. The van der Waals surface area contributed by atoms with Crippen LogP contribution in [0.1, 0.15) is 55.4 Å². The third-order valence-electron chi connectivity index (χ3n) is 1.92. The summed E-state index contributed by atoms with van der Waals surface area (Å²) in [5, 5.41) is 8.93. The monoisotopic (exact) mass is 324 g/mol. The number of carbonyl (C=O) groups excluding carboxylic acids is 1. The minimum absolute atomic E-state index is 0.101. The average molecular weight is 325 g/mol. The molecule has 0 fully saturated rings. The van der Waals surface area contributed by atoms with Crippen molar-refractivity contribution in [3.05, 3.63) is 49.0 Å². The standard InChI is InChI=1S/C13H18N2O2.3C2H6/c1-5-7-8-15(12(4)17)11(3)14-9-13(6-2)10-16;3*1-2/h5-9,16H,1,3,10H2,2,4H3;3*1-2H3/b8-7-,13-6+,14-9-;;;. The molecule has 4 heteroatoms. The normalized spacial score (nSPS) is 9.70. The second-order valence-electron chi connectivity index (χ2n) is 3.16. The molecular weight excluding hydrogens is 288 g/mol. The van der Waals surface area contributed by atoms with Gasteiger partial charge in [-0.15, -0.1) is 0 Å². The van der Waals surface area contributed by atoms with Crippen LogP contribution in [0.4, 0.5) is 0 Å². The first-order valence-electron chi connectivity index (χ1n) is 8.14. The van der Waals surface area contributed by atoms with Crippen molar-refractivity contribution in [2.75, 3.05) is 6.61 Å². The second-order valence-corrected chi connectivity index (χ2v) is 3.16. The molecule has 0 aromatic heterocycles. The van der Waals surface area contributed by atoms with Crippen LogP contribution in [0.15, 0.2) is 54.0 Å². The fourth-order valence-electron chi connectivity index (χ4n) is 0.946. The van der Waals surface area contributed by atoms with Crippen LogP contribution in [-0.2, 0) is 4.79 Å². The Morgan fingerprint density at radius 1 is 1.17 bits per heavy atom. The summed E-state index contributed by atoms with van der Waals surface area (Å²) in [6.07, 6.45) is 7.90. The third-order valence-corrected chi connectivity index (χ3v) is 1.92. The lowest BCUT2D eigenvalue weighted by molar-refractivity contribution is -0.124. The van der Waals surface area contributed by atoms with E-state index >= 15 is 0 Å². The van der Waals surface area contributed by atoms with Gasteiger partial charge in [0.15, 0.2) is 0 Å². The highest BCUT2D eigenvalue weighted by Crippen LogP contribution is 2.05. The van der Waals surface area contributed by atoms with Gasteiger partial charge < -0.3 is 5.11 Å². The molecule has 0 aliphatic heterocycles. The Kier molecular flexibility index (Phi) is 31.7. The van der Waals surface area contributed by atoms with Gasteiger partial charge in [0.2, 0.25) is 5.91 Å². The van der Waals surface area contributed by atoms with Gasteiger partial charge in [0.25, 0.3) is 0 Å². The molecule has 0 aliphatic carbocycles. The molecule has 1 N–H and O–H groups in total. The molecule has 1 amide bonds. The average Bonchev–Trinajstić information content (AvgIpc) is 2.61. The quantitative estimate of drug-likeness (QED) is 0.546. The number of nitrogens with zero attached hydrogens (tertiary/aromatic N) is 2. The number of aliphatic hydroxyl groups excluding tert-OH is 1. The van der Waals surface area contributed by atoms with Gasteiger partial charge in [-0.1, -0.05) is 66.9 Å². The van der Waals surface area contributed by atoms with E-state index in [-0.39, 0.29) is 18.3 Å². The van der Waals surface area contributed by atoms with E-state index in [4.69, 9.17) is 5.11 Å². The number of carbonyl (C=O) groups is 1. The molecule has 0 aromatic carbocycles. The van der Waals surface area contributed by atoms with E-state index in [9.17, 15) is 4.79 Å². The van der Waals surface area contributed by atoms with Gasteiger partial charge >= 0.3 is 0 Å². The summed E-state index contributed by atoms with van der Waals surface area (Å²) in [6, 6.07) is 0. The number of hydrogen-bond donors (Lipinski definition) is 1. The third kappa shape index (κ3) is 18.0. The Balaban J connectivity index is -0.000000267. The lowest BCUT2D eigenvalue weighted by Gasteiger charge is -2.14. The zero-order valence-electron chi connectivity index (χ0n) is 16.3. The topological polar surface area (TPSA) is 52.9 Å². The molecule has 0 aromatic rings. The highest BCUT2D eigenvalue weighted by Gasteiger charge is 2.07. The highest BCUT2D eigenvalue weighted by atomic mass is 16.3. The number of hydrogen-bond acceptors (Lipinski definition) is 3. The summed E-state index contributed by atoms with van der Waals surface area (Å²) >= 11 is 0. The van der Waals surface area contributed by atoms with Gasteiger partial charge in [0, 0.05) is 19.3 Å².